The number of hydrogen-bond donors (Lipinski definition) is 3. The number of ether oxygens (including phenoxy) is 3. The fourth-order valence-corrected chi connectivity index (χ4v) is 4.97. The van der Waals surface area contributed by atoms with Gasteiger partial charge in [-0.1, -0.05) is 103 Å². The Morgan fingerprint density at radius 2 is 1.40 bits per heavy atom. The maximum absolute atomic E-state index is 11.9. The lowest BCUT2D eigenvalue weighted by molar-refractivity contribution is -0.140. The molecule has 1 aromatic rings. The molecule has 1 aromatic heterocycles. The summed E-state index contributed by atoms with van der Waals surface area (Å²) in [4.78, 5) is 25.0. The van der Waals surface area contributed by atoms with E-state index in [2.05, 4.69) is 11.9 Å². The van der Waals surface area contributed by atoms with E-state index < -0.39 is 32.5 Å². The molecule has 3 unspecified atom stereocenters. The van der Waals surface area contributed by atoms with Crippen LogP contribution in [0.1, 0.15) is 116 Å². The van der Waals surface area contributed by atoms with Gasteiger partial charge in [-0.25, -0.2) is 4.79 Å². The Labute approximate surface area is 241 Å². The number of nitrogens with zero attached hydrogens (tertiary/aromatic N) is 2. The third-order valence-electron chi connectivity index (χ3n) is 6.82. The van der Waals surface area contributed by atoms with Gasteiger partial charge in [0.1, 0.15) is 11.9 Å². The summed E-state index contributed by atoms with van der Waals surface area (Å²) in [6.07, 6.45) is 22.4. The van der Waals surface area contributed by atoms with Crippen LogP contribution in [0.5, 0.6) is 0 Å². The minimum atomic E-state index is -2.81. The van der Waals surface area contributed by atoms with Crippen molar-refractivity contribution in [3.05, 3.63) is 22.7 Å². The Morgan fingerprint density at radius 3 is 1.90 bits per heavy atom. The molecule has 0 saturated carbocycles. The van der Waals surface area contributed by atoms with Crippen LogP contribution in [-0.4, -0.2) is 58.1 Å². The van der Waals surface area contributed by atoms with E-state index in [1.807, 2.05) is 0 Å². The second kappa shape index (κ2) is 25.3. The van der Waals surface area contributed by atoms with Crippen molar-refractivity contribution < 1.29 is 28.8 Å². The van der Waals surface area contributed by atoms with Crippen molar-refractivity contribution in [2.24, 2.45) is 0 Å². The fraction of sp³-hybridized carbons (Fsp3) is 0.862. The normalized spacial score (nSPS) is 13.4. The first-order valence-electron chi connectivity index (χ1n) is 15.4. The Morgan fingerprint density at radius 1 is 0.875 bits per heavy atom. The Kier molecular flexibility index (Phi) is 23.2. The molecule has 0 amide bonds. The maximum Gasteiger partial charge on any atom is 0.569 e. The lowest BCUT2D eigenvalue weighted by Crippen LogP contribution is -2.34. The van der Waals surface area contributed by atoms with Gasteiger partial charge in [0, 0.05) is 19.4 Å². The zero-order chi connectivity index (χ0) is 29.3. The van der Waals surface area contributed by atoms with Gasteiger partial charge in [-0.2, -0.15) is 9.88 Å². The van der Waals surface area contributed by atoms with Crippen LogP contribution in [0.3, 0.4) is 0 Å². The summed E-state index contributed by atoms with van der Waals surface area (Å²) < 4.78 is 29.3. The fourth-order valence-electron chi connectivity index (χ4n) is 4.46. The Bertz CT molecular complexity index is 812. The molecule has 0 saturated heterocycles. The Hall–Kier alpha value is -1.42. The van der Waals surface area contributed by atoms with Crippen molar-refractivity contribution in [2.45, 2.75) is 135 Å². The smallest absolute Gasteiger partial charge is 0.394 e. The second-order valence-corrected chi connectivity index (χ2v) is 11.5. The molecule has 0 aromatic carbocycles. The highest BCUT2D eigenvalue weighted by molar-refractivity contribution is 7.38. The van der Waals surface area contributed by atoms with Crippen LogP contribution in [0.25, 0.3) is 0 Å². The first kappa shape index (κ1) is 36.6. The van der Waals surface area contributed by atoms with Crippen LogP contribution in [0.2, 0.25) is 0 Å². The highest BCUT2D eigenvalue weighted by Gasteiger charge is 2.34. The third kappa shape index (κ3) is 19.6. The van der Waals surface area contributed by atoms with Crippen molar-refractivity contribution in [1.29, 1.82) is 0 Å². The quantitative estimate of drug-likeness (QED) is 0.0618. The molecular formula is C29H55N3O7P+. The predicted molar refractivity (Wildman–Crippen MR) is 159 cm³/mol. The van der Waals surface area contributed by atoms with Crippen LogP contribution in [0.15, 0.2) is 17.1 Å². The van der Waals surface area contributed by atoms with E-state index in [4.69, 9.17) is 19.9 Å². The molecule has 11 heteroatoms. The van der Waals surface area contributed by atoms with Gasteiger partial charge in [-0.3, -0.25) is 4.57 Å². The maximum atomic E-state index is 11.9. The number of unbranched alkanes of at least 4 members (excludes halogenated alkanes) is 15. The highest BCUT2D eigenvalue weighted by Crippen LogP contribution is 2.26. The zero-order valence-corrected chi connectivity index (χ0v) is 25.6. The summed E-state index contributed by atoms with van der Waals surface area (Å²) in [6, 6.07) is 0.0287. The van der Waals surface area contributed by atoms with Gasteiger partial charge in [-0.05, 0) is 23.5 Å². The van der Waals surface area contributed by atoms with Crippen LogP contribution in [-0.2, 0) is 25.3 Å². The van der Waals surface area contributed by atoms with Gasteiger partial charge in [0.05, 0.1) is 19.8 Å². The SMILES string of the molecule is CCCCCCCCCCCCCCCCCCOCCCOC(OC(CO)Cn1ccc(N)nc1=O)[P+](=O)O. The number of nitrogens with two attached hydrogens (primary N) is 1. The van der Waals surface area contributed by atoms with Crippen molar-refractivity contribution in [3.63, 3.8) is 0 Å². The van der Waals surface area contributed by atoms with Crippen molar-refractivity contribution in [2.75, 3.05) is 32.2 Å². The van der Waals surface area contributed by atoms with E-state index in [0.717, 1.165) is 6.42 Å². The number of aliphatic hydroxyl groups is 1. The lowest BCUT2D eigenvalue weighted by atomic mass is 10.0. The first-order chi connectivity index (χ1) is 19.5. The molecule has 1 rings (SSSR count). The molecule has 0 radical (unpaired) electrons. The van der Waals surface area contributed by atoms with Crippen LogP contribution >= 0.6 is 8.03 Å². The van der Waals surface area contributed by atoms with E-state index in [1.54, 1.807) is 0 Å². The molecule has 1 heterocycles. The molecule has 0 aliphatic rings. The molecule has 4 N–H and O–H groups in total. The first-order valence-corrected chi connectivity index (χ1v) is 16.7. The number of aliphatic hydroxyl groups excluding tert-OH is 1. The molecule has 0 aliphatic carbocycles. The molecule has 0 spiro atoms. The number of hydrogen-bond acceptors (Lipinski definition) is 8. The lowest BCUT2D eigenvalue weighted by Gasteiger charge is -2.17. The topological polar surface area (TPSA) is 146 Å². The average Bonchev–Trinajstić information content (AvgIpc) is 2.93. The zero-order valence-electron chi connectivity index (χ0n) is 24.7. The van der Waals surface area contributed by atoms with Gasteiger partial charge in [-0.15, -0.1) is 0 Å². The summed E-state index contributed by atoms with van der Waals surface area (Å²) in [6.45, 7) is 3.10. The van der Waals surface area contributed by atoms with Crippen LogP contribution < -0.4 is 11.4 Å². The summed E-state index contributed by atoms with van der Waals surface area (Å²) in [7, 11) is -2.81. The summed E-state index contributed by atoms with van der Waals surface area (Å²) in [5, 5.41) is 9.57. The molecule has 0 fully saturated rings. The van der Waals surface area contributed by atoms with Gasteiger partial charge >= 0.3 is 19.7 Å². The van der Waals surface area contributed by atoms with Crippen molar-refractivity contribution >= 4 is 13.8 Å². The predicted octanol–water partition coefficient (Wildman–Crippen LogP) is 5.91. The van der Waals surface area contributed by atoms with E-state index in [-0.39, 0.29) is 19.0 Å². The molecule has 40 heavy (non-hydrogen) atoms. The van der Waals surface area contributed by atoms with Crippen molar-refractivity contribution in [3.8, 4) is 0 Å². The minimum Gasteiger partial charge on any atom is -0.394 e. The van der Waals surface area contributed by atoms with Crippen molar-refractivity contribution in [1.82, 2.24) is 9.55 Å². The second-order valence-electron chi connectivity index (χ2n) is 10.5. The average molecular weight is 589 g/mol. The van der Waals surface area contributed by atoms with E-state index >= 15 is 0 Å². The standard InChI is InChI=1S/C29H54N3O7P/c1-2-3-4-5-6-7-8-9-10-11-12-13-14-15-16-17-21-37-22-18-23-38-29(40(35)36)39-26(25-33)24-32-20-19-27(30)31-28(32)34/h19-20,26,29,33H,2-18,21-25H2,1H3,(H2-,30,31,34,35,36)/p+1. The van der Waals surface area contributed by atoms with Gasteiger partial charge in [0.15, 0.2) is 0 Å². The minimum absolute atomic E-state index is 0.0614. The van der Waals surface area contributed by atoms with E-state index in [1.165, 1.54) is 113 Å². The molecule has 0 bridgehead atoms. The van der Waals surface area contributed by atoms with Crippen LogP contribution in [0, 0.1) is 0 Å². The largest absolute Gasteiger partial charge is 0.569 e. The molecule has 0 aliphatic heterocycles. The molecular weight excluding hydrogens is 533 g/mol. The summed E-state index contributed by atoms with van der Waals surface area (Å²) in [5.41, 5.74) is 4.87. The number of nitrogen functional groups attached to an aromatic ring is 1. The monoisotopic (exact) mass is 588 g/mol. The number of anilines is 1. The number of aromatic nitrogens is 2. The highest BCUT2D eigenvalue weighted by atomic mass is 31.1. The van der Waals surface area contributed by atoms with E-state index in [9.17, 15) is 19.4 Å². The molecule has 10 nitrogen and oxygen atoms in total. The molecule has 232 valence electrons. The third-order valence-corrected chi connectivity index (χ3v) is 7.46. The molecule has 3 atom stereocenters. The van der Waals surface area contributed by atoms with Gasteiger partial charge < -0.3 is 25.1 Å². The van der Waals surface area contributed by atoms with Crippen LogP contribution in [0.4, 0.5) is 5.82 Å². The summed E-state index contributed by atoms with van der Waals surface area (Å²) in [5.74, 6) is 0.0828. The summed E-state index contributed by atoms with van der Waals surface area (Å²) >= 11 is 0. The van der Waals surface area contributed by atoms with E-state index in [0.29, 0.717) is 19.6 Å². The Balaban J connectivity index is 1.97. The van der Waals surface area contributed by atoms with Gasteiger partial charge in [0.25, 0.3) is 0 Å². The van der Waals surface area contributed by atoms with Gasteiger partial charge in [0.2, 0.25) is 0 Å². The number of rotatable bonds is 28.